The molecular weight excluding hydrogens is 380 g/mol. The normalized spacial score (nSPS) is 14.5. The Labute approximate surface area is 176 Å². The Kier molecular flexibility index (Phi) is 5.97. The minimum Gasteiger partial charge on any atom is -0.497 e. The second-order valence-electron chi connectivity index (χ2n) is 7.58. The molecule has 0 unspecified atom stereocenters. The Hall–Kier alpha value is -3.35. The summed E-state index contributed by atoms with van der Waals surface area (Å²) in [6.07, 6.45) is 1.53. The lowest BCUT2D eigenvalue weighted by Gasteiger charge is -2.29. The van der Waals surface area contributed by atoms with Crippen LogP contribution in [-0.2, 0) is 11.3 Å². The van der Waals surface area contributed by atoms with Crippen LogP contribution in [-0.4, -0.2) is 36.3 Å². The molecule has 7 heteroatoms. The molecule has 3 aromatic rings. The van der Waals surface area contributed by atoms with E-state index < -0.39 is 0 Å². The fraction of sp³-hybridized carbons (Fsp3) is 0.348. The minimum atomic E-state index is 0.00989. The standard InChI is InChI=1S/C23H26N4O3/c1-16-3-5-17(6-4-16)15-24-21(28)18-11-13-27(14-12-18)23-26-25-22(30-23)19-7-9-20(29-2)10-8-19/h3-10,18H,11-15H2,1-2H3,(H,24,28). The average Bonchev–Trinajstić information content (AvgIpc) is 3.29. The van der Waals surface area contributed by atoms with E-state index in [1.165, 1.54) is 5.56 Å². The molecule has 0 atom stereocenters. The summed E-state index contributed by atoms with van der Waals surface area (Å²) in [5, 5.41) is 11.4. The molecule has 0 radical (unpaired) electrons. The van der Waals surface area contributed by atoms with Crippen molar-refractivity contribution >= 4 is 11.9 Å². The van der Waals surface area contributed by atoms with Crippen molar-refractivity contribution in [1.29, 1.82) is 0 Å². The van der Waals surface area contributed by atoms with E-state index in [9.17, 15) is 4.79 Å². The first kappa shape index (κ1) is 19.9. The molecule has 1 amide bonds. The zero-order chi connectivity index (χ0) is 20.9. The zero-order valence-electron chi connectivity index (χ0n) is 17.3. The number of nitrogens with zero attached hydrogens (tertiary/aromatic N) is 3. The molecule has 0 saturated carbocycles. The van der Waals surface area contributed by atoms with E-state index in [0.29, 0.717) is 31.5 Å². The van der Waals surface area contributed by atoms with Gasteiger partial charge in [0, 0.05) is 31.1 Å². The Bertz CT molecular complexity index is 974. The molecule has 1 aliphatic heterocycles. The van der Waals surface area contributed by atoms with Crippen molar-refractivity contribution in [3.05, 3.63) is 59.7 Å². The molecule has 2 heterocycles. The summed E-state index contributed by atoms with van der Waals surface area (Å²) in [7, 11) is 1.63. The summed E-state index contributed by atoms with van der Waals surface area (Å²) in [5.74, 6) is 1.38. The second-order valence-corrected chi connectivity index (χ2v) is 7.58. The topological polar surface area (TPSA) is 80.5 Å². The summed E-state index contributed by atoms with van der Waals surface area (Å²) in [6, 6.07) is 16.2. The first-order valence-electron chi connectivity index (χ1n) is 10.2. The van der Waals surface area contributed by atoms with Gasteiger partial charge >= 0.3 is 6.01 Å². The fourth-order valence-corrected chi connectivity index (χ4v) is 3.57. The maximum atomic E-state index is 12.5. The number of nitrogens with one attached hydrogen (secondary N) is 1. The van der Waals surface area contributed by atoms with Crippen molar-refractivity contribution < 1.29 is 13.9 Å². The van der Waals surface area contributed by atoms with Gasteiger partial charge in [0.25, 0.3) is 0 Å². The predicted molar refractivity (Wildman–Crippen MR) is 114 cm³/mol. The first-order valence-corrected chi connectivity index (χ1v) is 10.2. The average molecular weight is 406 g/mol. The molecule has 156 valence electrons. The molecule has 30 heavy (non-hydrogen) atoms. The van der Waals surface area contributed by atoms with Gasteiger partial charge in [-0.1, -0.05) is 34.9 Å². The van der Waals surface area contributed by atoms with E-state index in [4.69, 9.17) is 9.15 Å². The fourth-order valence-electron chi connectivity index (χ4n) is 3.57. The molecule has 4 rings (SSSR count). The highest BCUT2D eigenvalue weighted by Crippen LogP contribution is 2.27. The number of anilines is 1. The Morgan fingerprint density at radius 2 is 1.80 bits per heavy atom. The second kappa shape index (κ2) is 8.98. The SMILES string of the molecule is COc1ccc(-c2nnc(N3CCC(C(=O)NCc4ccc(C)cc4)CC3)o2)cc1. The van der Waals surface area contributed by atoms with Crippen LogP contribution in [0.25, 0.3) is 11.5 Å². The van der Waals surface area contributed by atoms with Crippen LogP contribution in [0.1, 0.15) is 24.0 Å². The Morgan fingerprint density at radius 1 is 1.10 bits per heavy atom. The van der Waals surface area contributed by atoms with Crippen LogP contribution in [0.15, 0.2) is 52.9 Å². The van der Waals surface area contributed by atoms with E-state index in [-0.39, 0.29) is 11.8 Å². The van der Waals surface area contributed by atoms with E-state index in [1.54, 1.807) is 7.11 Å². The number of piperidine rings is 1. The Morgan fingerprint density at radius 3 is 2.47 bits per heavy atom. The number of benzene rings is 2. The highest BCUT2D eigenvalue weighted by atomic mass is 16.5. The highest BCUT2D eigenvalue weighted by molar-refractivity contribution is 5.78. The third-order valence-electron chi connectivity index (χ3n) is 5.47. The quantitative estimate of drug-likeness (QED) is 0.674. The smallest absolute Gasteiger partial charge is 0.318 e. The van der Waals surface area contributed by atoms with Crippen LogP contribution < -0.4 is 15.0 Å². The summed E-state index contributed by atoms with van der Waals surface area (Å²) >= 11 is 0. The highest BCUT2D eigenvalue weighted by Gasteiger charge is 2.27. The van der Waals surface area contributed by atoms with Gasteiger partial charge in [0.15, 0.2) is 0 Å². The summed E-state index contributed by atoms with van der Waals surface area (Å²) in [4.78, 5) is 14.6. The molecule has 0 spiro atoms. The van der Waals surface area contributed by atoms with Gasteiger partial charge in [-0.2, -0.15) is 0 Å². The van der Waals surface area contributed by atoms with E-state index in [0.717, 1.165) is 29.7 Å². The largest absolute Gasteiger partial charge is 0.497 e. The number of amides is 1. The van der Waals surface area contributed by atoms with Crippen molar-refractivity contribution in [3.8, 4) is 17.2 Å². The predicted octanol–water partition coefficient (Wildman–Crippen LogP) is 3.59. The molecule has 1 aliphatic rings. The van der Waals surface area contributed by atoms with Crippen LogP contribution >= 0.6 is 0 Å². The van der Waals surface area contributed by atoms with Crippen molar-refractivity contribution in [1.82, 2.24) is 15.5 Å². The lowest BCUT2D eigenvalue weighted by atomic mass is 9.96. The van der Waals surface area contributed by atoms with Crippen LogP contribution in [0, 0.1) is 12.8 Å². The number of hydrogen-bond donors (Lipinski definition) is 1. The number of aromatic nitrogens is 2. The van der Waals surface area contributed by atoms with Crippen LogP contribution in [0.3, 0.4) is 0 Å². The maximum absolute atomic E-state index is 12.5. The van der Waals surface area contributed by atoms with E-state index in [1.807, 2.05) is 41.3 Å². The van der Waals surface area contributed by atoms with Crippen molar-refractivity contribution in [2.24, 2.45) is 5.92 Å². The zero-order valence-corrected chi connectivity index (χ0v) is 17.3. The molecule has 0 aliphatic carbocycles. The molecule has 1 N–H and O–H groups in total. The van der Waals surface area contributed by atoms with Crippen LogP contribution in [0.5, 0.6) is 5.75 Å². The van der Waals surface area contributed by atoms with Crippen molar-refractivity contribution in [3.63, 3.8) is 0 Å². The molecular formula is C23H26N4O3. The molecule has 7 nitrogen and oxygen atoms in total. The number of methoxy groups -OCH3 is 1. The summed E-state index contributed by atoms with van der Waals surface area (Å²) < 4.78 is 11.0. The number of hydrogen-bond acceptors (Lipinski definition) is 6. The van der Waals surface area contributed by atoms with E-state index in [2.05, 4.69) is 34.6 Å². The number of carbonyl (C=O) groups is 1. The number of rotatable bonds is 6. The van der Waals surface area contributed by atoms with Crippen molar-refractivity contribution in [2.75, 3.05) is 25.1 Å². The number of aryl methyl sites for hydroxylation is 1. The van der Waals surface area contributed by atoms with Gasteiger partial charge in [-0.3, -0.25) is 4.79 Å². The van der Waals surface area contributed by atoms with Gasteiger partial charge in [-0.25, -0.2) is 0 Å². The van der Waals surface area contributed by atoms with Crippen LogP contribution in [0.4, 0.5) is 6.01 Å². The van der Waals surface area contributed by atoms with Gasteiger partial charge in [-0.15, -0.1) is 5.10 Å². The molecule has 0 bridgehead atoms. The monoisotopic (exact) mass is 406 g/mol. The molecule has 1 fully saturated rings. The van der Waals surface area contributed by atoms with Crippen molar-refractivity contribution in [2.45, 2.75) is 26.3 Å². The number of carbonyl (C=O) groups excluding carboxylic acids is 1. The molecule has 2 aromatic carbocycles. The summed E-state index contributed by atoms with van der Waals surface area (Å²) in [6.45, 7) is 4.05. The minimum absolute atomic E-state index is 0.00989. The lowest BCUT2D eigenvalue weighted by molar-refractivity contribution is -0.125. The third kappa shape index (κ3) is 4.62. The lowest BCUT2D eigenvalue weighted by Crippen LogP contribution is -2.40. The molecule has 1 aromatic heterocycles. The van der Waals surface area contributed by atoms with Gasteiger partial charge in [0.2, 0.25) is 11.8 Å². The van der Waals surface area contributed by atoms with Gasteiger partial charge in [0.1, 0.15) is 5.75 Å². The number of ether oxygens (including phenoxy) is 1. The Balaban J connectivity index is 1.29. The maximum Gasteiger partial charge on any atom is 0.318 e. The first-order chi connectivity index (χ1) is 14.6. The summed E-state index contributed by atoms with van der Waals surface area (Å²) in [5.41, 5.74) is 3.18. The van der Waals surface area contributed by atoms with Crippen LogP contribution in [0.2, 0.25) is 0 Å². The van der Waals surface area contributed by atoms with Gasteiger partial charge in [-0.05, 0) is 49.6 Å². The van der Waals surface area contributed by atoms with Gasteiger partial charge < -0.3 is 19.4 Å². The molecule has 1 saturated heterocycles. The van der Waals surface area contributed by atoms with Gasteiger partial charge in [0.05, 0.1) is 7.11 Å². The third-order valence-corrected chi connectivity index (χ3v) is 5.47. The van der Waals surface area contributed by atoms with E-state index >= 15 is 0 Å².